The van der Waals surface area contributed by atoms with Crippen molar-refractivity contribution in [1.29, 1.82) is 0 Å². The van der Waals surface area contributed by atoms with E-state index >= 15 is 0 Å². The quantitative estimate of drug-likeness (QED) is 0.0983. The molecule has 0 radical (unpaired) electrons. The molecule has 0 unspecified atom stereocenters. The minimum Gasteiger partial charge on any atom is -0.345 e. The van der Waals surface area contributed by atoms with Crippen molar-refractivity contribution in [3.8, 4) is 0 Å². The van der Waals surface area contributed by atoms with Crippen LogP contribution in [0.2, 0.25) is 0 Å². The van der Waals surface area contributed by atoms with Gasteiger partial charge in [-0.3, -0.25) is 14.8 Å². The molecular formula is C49H49N3O. The zero-order valence-corrected chi connectivity index (χ0v) is 31.9. The van der Waals surface area contributed by atoms with Gasteiger partial charge in [-0.2, -0.15) is 0 Å². The number of carbonyl (C=O) groups excluding carboxylic acids is 1. The predicted octanol–water partition coefficient (Wildman–Crippen LogP) is 12.1. The lowest BCUT2D eigenvalue weighted by atomic mass is 9.78. The molecule has 0 atom stereocenters. The highest BCUT2D eigenvalue weighted by Crippen LogP contribution is 2.45. The van der Waals surface area contributed by atoms with Crippen molar-refractivity contribution in [3.05, 3.63) is 202 Å². The molecule has 1 amide bonds. The number of para-hydroxylation sites is 1. The number of amides is 1. The van der Waals surface area contributed by atoms with Crippen molar-refractivity contribution in [2.45, 2.75) is 52.4 Å². The van der Waals surface area contributed by atoms with E-state index in [1.807, 2.05) is 26.0 Å². The summed E-state index contributed by atoms with van der Waals surface area (Å²) in [5.74, 6) is -0.0334. The van der Waals surface area contributed by atoms with Gasteiger partial charge in [-0.15, -0.1) is 0 Å². The Morgan fingerprint density at radius 1 is 0.509 bits per heavy atom. The van der Waals surface area contributed by atoms with Crippen LogP contribution in [0.3, 0.4) is 0 Å². The summed E-state index contributed by atoms with van der Waals surface area (Å²) in [7, 11) is 3.56. The molecule has 0 N–H and O–H groups in total. The summed E-state index contributed by atoms with van der Waals surface area (Å²) in [5, 5.41) is 0. The lowest BCUT2D eigenvalue weighted by Crippen LogP contribution is -2.22. The molecule has 4 heteroatoms. The Bertz CT molecular complexity index is 2040. The van der Waals surface area contributed by atoms with Crippen LogP contribution in [0.15, 0.2) is 162 Å². The number of rotatable bonds is 11. The van der Waals surface area contributed by atoms with Gasteiger partial charge in [0.1, 0.15) is 0 Å². The van der Waals surface area contributed by atoms with E-state index in [0.29, 0.717) is 11.3 Å². The van der Waals surface area contributed by atoms with Crippen molar-refractivity contribution < 1.29 is 4.79 Å². The molecule has 6 rings (SSSR count). The molecule has 0 aromatic heterocycles. The third-order valence-corrected chi connectivity index (χ3v) is 9.88. The Hall–Kier alpha value is -5.87. The van der Waals surface area contributed by atoms with Crippen LogP contribution in [0.5, 0.6) is 0 Å². The molecule has 0 heterocycles. The van der Waals surface area contributed by atoms with Gasteiger partial charge in [-0.1, -0.05) is 165 Å². The Balaban J connectivity index is 1.66. The van der Waals surface area contributed by atoms with Gasteiger partial charge in [0.05, 0.1) is 28.4 Å². The molecule has 6 aromatic rings. The Labute approximate surface area is 315 Å². The standard InChI is InChI=1S/C49H49N3O/c1-33(2)41-29-20-30-42(49(53)52(6)7)47(41)50-35(4)36(5)51-48-43(45(37-21-12-8-13-22-37)38-23-14-9-15-24-38)31-34(3)32-44(48)46(39-25-16-10-17-26-39)40-27-18-11-19-28-40/h8-33,45-46H,1-7H3. The first-order valence-corrected chi connectivity index (χ1v) is 18.4. The first-order chi connectivity index (χ1) is 25.6. The van der Waals surface area contributed by atoms with Crippen LogP contribution >= 0.6 is 0 Å². The Morgan fingerprint density at radius 3 is 1.25 bits per heavy atom. The fraction of sp³-hybridized carbons (Fsp3) is 0.204. The second kappa shape index (κ2) is 16.6. The van der Waals surface area contributed by atoms with E-state index in [4.69, 9.17) is 9.98 Å². The minimum atomic E-state index is -0.0713. The lowest BCUT2D eigenvalue weighted by molar-refractivity contribution is 0.0828. The SMILES string of the molecule is CC(=Nc1c(C(=O)N(C)C)cccc1C(C)C)C(C)=Nc1c(C(c2ccccc2)c2ccccc2)cc(C)cc1C(c1ccccc1)c1ccccc1. The van der Waals surface area contributed by atoms with Crippen molar-refractivity contribution in [2.24, 2.45) is 9.98 Å². The Morgan fingerprint density at radius 2 is 0.887 bits per heavy atom. The maximum Gasteiger partial charge on any atom is 0.255 e. The zero-order chi connectivity index (χ0) is 37.5. The van der Waals surface area contributed by atoms with E-state index in [1.54, 1.807) is 19.0 Å². The number of hydrogen-bond donors (Lipinski definition) is 0. The molecule has 4 nitrogen and oxygen atoms in total. The molecular weight excluding hydrogens is 647 g/mol. The molecule has 0 aliphatic heterocycles. The molecule has 6 aromatic carbocycles. The van der Waals surface area contributed by atoms with E-state index in [1.165, 1.54) is 27.8 Å². The largest absolute Gasteiger partial charge is 0.345 e. The normalized spacial score (nSPS) is 12.1. The van der Waals surface area contributed by atoms with Crippen molar-refractivity contribution in [3.63, 3.8) is 0 Å². The average molecular weight is 696 g/mol. The monoisotopic (exact) mass is 695 g/mol. The van der Waals surface area contributed by atoms with Gasteiger partial charge in [0.25, 0.3) is 5.91 Å². The lowest BCUT2D eigenvalue weighted by Gasteiger charge is -2.27. The molecule has 0 saturated heterocycles. The number of hydrogen-bond acceptors (Lipinski definition) is 3. The fourth-order valence-electron chi connectivity index (χ4n) is 7.15. The Kier molecular flexibility index (Phi) is 11.6. The van der Waals surface area contributed by atoms with E-state index in [0.717, 1.165) is 33.8 Å². The molecule has 266 valence electrons. The van der Waals surface area contributed by atoms with Crippen LogP contribution in [0.4, 0.5) is 11.4 Å². The van der Waals surface area contributed by atoms with Crippen LogP contribution in [0.25, 0.3) is 0 Å². The second-order valence-electron chi connectivity index (χ2n) is 14.3. The van der Waals surface area contributed by atoms with Gasteiger partial charge in [0.2, 0.25) is 0 Å². The summed E-state index contributed by atoms with van der Waals surface area (Å²) in [6.07, 6.45) is 0. The molecule has 0 saturated carbocycles. The van der Waals surface area contributed by atoms with Crippen LogP contribution in [0.1, 0.15) is 100 Å². The summed E-state index contributed by atoms with van der Waals surface area (Å²) >= 11 is 0. The van der Waals surface area contributed by atoms with Gasteiger partial charge in [-0.05, 0) is 71.7 Å². The third kappa shape index (κ3) is 8.29. The van der Waals surface area contributed by atoms with Crippen LogP contribution in [0, 0.1) is 6.92 Å². The molecule has 53 heavy (non-hydrogen) atoms. The van der Waals surface area contributed by atoms with E-state index in [2.05, 4.69) is 160 Å². The van der Waals surface area contributed by atoms with Crippen LogP contribution in [-0.2, 0) is 0 Å². The van der Waals surface area contributed by atoms with Crippen LogP contribution in [-0.4, -0.2) is 36.3 Å². The predicted molar refractivity (Wildman–Crippen MR) is 223 cm³/mol. The second-order valence-corrected chi connectivity index (χ2v) is 14.3. The van der Waals surface area contributed by atoms with Gasteiger partial charge in [0, 0.05) is 25.9 Å². The summed E-state index contributed by atoms with van der Waals surface area (Å²) in [4.78, 5) is 25.9. The summed E-state index contributed by atoms with van der Waals surface area (Å²) in [6, 6.07) is 53.4. The van der Waals surface area contributed by atoms with E-state index in [-0.39, 0.29) is 23.7 Å². The maximum atomic E-state index is 13.4. The van der Waals surface area contributed by atoms with E-state index in [9.17, 15) is 4.79 Å². The maximum absolute atomic E-state index is 13.4. The number of aliphatic imine (C=N–C) groups is 2. The van der Waals surface area contributed by atoms with E-state index < -0.39 is 0 Å². The van der Waals surface area contributed by atoms with Gasteiger partial charge in [-0.25, -0.2) is 0 Å². The van der Waals surface area contributed by atoms with Crippen LogP contribution < -0.4 is 0 Å². The van der Waals surface area contributed by atoms with Gasteiger partial charge in [0.15, 0.2) is 0 Å². The highest BCUT2D eigenvalue weighted by atomic mass is 16.2. The molecule has 0 spiro atoms. The van der Waals surface area contributed by atoms with Crippen molar-refractivity contribution >= 4 is 28.7 Å². The molecule has 0 bridgehead atoms. The topological polar surface area (TPSA) is 45.0 Å². The summed E-state index contributed by atoms with van der Waals surface area (Å²) in [6.45, 7) is 10.5. The average Bonchev–Trinajstić information content (AvgIpc) is 3.17. The van der Waals surface area contributed by atoms with Crippen molar-refractivity contribution in [2.75, 3.05) is 14.1 Å². The first-order valence-electron chi connectivity index (χ1n) is 18.4. The van der Waals surface area contributed by atoms with Gasteiger partial charge >= 0.3 is 0 Å². The third-order valence-electron chi connectivity index (χ3n) is 9.88. The number of nitrogens with zero attached hydrogens (tertiary/aromatic N) is 3. The fourth-order valence-corrected chi connectivity index (χ4v) is 7.15. The molecule has 0 aliphatic carbocycles. The summed E-state index contributed by atoms with van der Waals surface area (Å²) < 4.78 is 0. The zero-order valence-electron chi connectivity index (χ0n) is 31.9. The number of benzene rings is 6. The summed E-state index contributed by atoms with van der Waals surface area (Å²) in [5.41, 5.74) is 13.0. The smallest absolute Gasteiger partial charge is 0.255 e. The number of carbonyl (C=O) groups is 1. The molecule has 0 aliphatic rings. The first kappa shape index (κ1) is 36.9. The van der Waals surface area contributed by atoms with Crippen molar-refractivity contribution in [1.82, 2.24) is 4.90 Å². The molecule has 0 fully saturated rings. The number of aryl methyl sites for hydroxylation is 1. The highest BCUT2D eigenvalue weighted by Gasteiger charge is 2.27. The van der Waals surface area contributed by atoms with Gasteiger partial charge < -0.3 is 4.90 Å². The highest BCUT2D eigenvalue weighted by molar-refractivity contribution is 6.41. The minimum absolute atomic E-state index is 0.0705.